The Balaban J connectivity index is 1.38. The summed E-state index contributed by atoms with van der Waals surface area (Å²) in [5.41, 5.74) is 1.29. The van der Waals surface area contributed by atoms with Gasteiger partial charge in [0.1, 0.15) is 21.6 Å². The summed E-state index contributed by atoms with van der Waals surface area (Å²) in [6.45, 7) is 0.159. The largest absolute Gasteiger partial charge is 0.457 e. The number of rotatable bonds is 7. The van der Waals surface area contributed by atoms with Crippen molar-refractivity contribution >= 4 is 51.9 Å². The number of thioether (sulfide) groups is 1. The first-order chi connectivity index (χ1) is 16.0. The molecule has 0 spiro atoms. The summed E-state index contributed by atoms with van der Waals surface area (Å²) in [4.78, 5) is 27.0. The first-order valence-electron chi connectivity index (χ1n) is 10.1. The maximum Gasteiger partial charge on any atom is 0.266 e. The molecule has 0 unspecified atom stereocenters. The van der Waals surface area contributed by atoms with E-state index in [4.69, 9.17) is 17.0 Å². The topological polar surface area (TPSA) is 58.6 Å². The molecule has 1 aliphatic rings. The number of hydrogen-bond acceptors (Lipinski definition) is 5. The lowest BCUT2D eigenvalue weighted by Crippen LogP contribution is -2.31. The lowest BCUT2D eigenvalue weighted by molar-refractivity contribution is -0.122. The Morgan fingerprint density at radius 2 is 1.76 bits per heavy atom. The van der Waals surface area contributed by atoms with Gasteiger partial charge in [-0.25, -0.2) is 4.39 Å². The minimum absolute atomic E-state index is 0.0670. The van der Waals surface area contributed by atoms with Crippen LogP contribution in [0, 0.1) is 5.82 Å². The smallest absolute Gasteiger partial charge is 0.266 e. The van der Waals surface area contributed by atoms with Crippen molar-refractivity contribution in [2.75, 3.05) is 11.9 Å². The van der Waals surface area contributed by atoms with Gasteiger partial charge in [0.25, 0.3) is 5.91 Å². The van der Waals surface area contributed by atoms with E-state index in [9.17, 15) is 14.0 Å². The number of nitrogens with zero attached hydrogens (tertiary/aromatic N) is 1. The molecule has 0 atom stereocenters. The Bertz CT molecular complexity index is 1210. The molecule has 0 aromatic heterocycles. The van der Waals surface area contributed by atoms with Crippen molar-refractivity contribution < 1.29 is 18.7 Å². The monoisotopic (exact) mass is 478 g/mol. The van der Waals surface area contributed by atoms with Crippen molar-refractivity contribution in [3.63, 3.8) is 0 Å². The van der Waals surface area contributed by atoms with Crippen LogP contribution in [-0.2, 0) is 9.59 Å². The number of anilines is 1. The Morgan fingerprint density at radius 3 is 2.52 bits per heavy atom. The molecule has 1 aliphatic heterocycles. The Morgan fingerprint density at radius 1 is 1.03 bits per heavy atom. The second-order valence-electron chi connectivity index (χ2n) is 7.13. The van der Waals surface area contributed by atoms with Gasteiger partial charge >= 0.3 is 0 Å². The molecule has 4 rings (SSSR count). The predicted molar refractivity (Wildman–Crippen MR) is 132 cm³/mol. The van der Waals surface area contributed by atoms with Gasteiger partial charge in [-0.05, 0) is 60.2 Å². The van der Waals surface area contributed by atoms with Gasteiger partial charge < -0.3 is 10.1 Å². The van der Waals surface area contributed by atoms with E-state index in [2.05, 4.69) is 5.32 Å². The molecule has 5 nitrogen and oxygen atoms in total. The number of carbonyl (C=O) groups excluding carboxylic acids is 2. The van der Waals surface area contributed by atoms with E-state index in [0.29, 0.717) is 20.7 Å². The minimum Gasteiger partial charge on any atom is -0.457 e. The molecule has 166 valence electrons. The van der Waals surface area contributed by atoms with Crippen LogP contribution in [0.1, 0.15) is 12.0 Å². The molecule has 3 aromatic carbocycles. The number of para-hydroxylation sites is 1. The normalized spacial score (nSPS) is 14.6. The fraction of sp³-hybridized carbons (Fsp3) is 0.0800. The highest BCUT2D eigenvalue weighted by Gasteiger charge is 2.32. The third-order valence-electron chi connectivity index (χ3n) is 4.70. The minimum atomic E-state index is -0.380. The number of carbonyl (C=O) groups is 2. The van der Waals surface area contributed by atoms with Crippen molar-refractivity contribution in [1.82, 2.24) is 4.90 Å². The second kappa shape index (κ2) is 10.4. The van der Waals surface area contributed by atoms with Crippen LogP contribution in [0.25, 0.3) is 6.08 Å². The average molecular weight is 479 g/mol. The first kappa shape index (κ1) is 22.7. The summed E-state index contributed by atoms with van der Waals surface area (Å²) in [6.07, 6.45) is 1.83. The second-order valence-corrected chi connectivity index (χ2v) is 8.80. The van der Waals surface area contributed by atoms with E-state index in [1.54, 1.807) is 6.08 Å². The lowest BCUT2D eigenvalue weighted by Gasteiger charge is -2.14. The standard InChI is InChI=1S/C25H19FN2O3S2/c26-18-9-11-19(12-10-18)27-23(29)13-14-28-24(30)22(33-25(28)32)16-17-5-4-8-21(15-17)31-20-6-2-1-3-7-20/h1-12,15-16H,13-14H2,(H,27,29)/b22-16-. The van der Waals surface area contributed by atoms with Crippen molar-refractivity contribution in [3.8, 4) is 11.5 Å². The van der Waals surface area contributed by atoms with Gasteiger partial charge in [0.2, 0.25) is 5.91 Å². The Hall–Kier alpha value is -3.49. The SMILES string of the molecule is O=C(CCN1C(=O)/C(=C/c2cccc(Oc3ccccc3)c2)SC1=S)Nc1ccc(F)cc1. The fourth-order valence-corrected chi connectivity index (χ4v) is 4.42. The molecular weight excluding hydrogens is 459 g/mol. The van der Waals surface area contributed by atoms with Crippen molar-refractivity contribution in [2.24, 2.45) is 0 Å². The molecule has 1 fully saturated rings. The molecule has 0 saturated carbocycles. The van der Waals surface area contributed by atoms with Crippen LogP contribution in [0.5, 0.6) is 11.5 Å². The molecule has 0 aliphatic carbocycles. The quantitative estimate of drug-likeness (QED) is 0.341. The first-order valence-corrected chi connectivity index (χ1v) is 11.3. The van der Waals surface area contributed by atoms with Crippen molar-refractivity contribution in [1.29, 1.82) is 0 Å². The molecule has 1 heterocycles. The third-order valence-corrected chi connectivity index (χ3v) is 6.08. The van der Waals surface area contributed by atoms with E-state index < -0.39 is 0 Å². The van der Waals surface area contributed by atoms with Crippen LogP contribution < -0.4 is 10.1 Å². The molecule has 0 bridgehead atoms. The summed E-state index contributed by atoms with van der Waals surface area (Å²) in [6, 6.07) is 22.3. The molecule has 1 N–H and O–H groups in total. The number of amides is 2. The number of benzene rings is 3. The van der Waals surface area contributed by atoms with Crippen LogP contribution in [0.3, 0.4) is 0 Å². The summed E-state index contributed by atoms with van der Waals surface area (Å²) in [5.74, 6) is 0.469. The van der Waals surface area contributed by atoms with Crippen LogP contribution in [0.4, 0.5) is 10.1 Å². The number of thiocarbonyl (C=S) groups is 1. The highest BCUT2D eigenvalue weighted by molar-refractivity contribution is 8.26. The zero-order valence-corrected chi connectivity index (χ0v) is 19.0. The summed E-state index contributed by atoms with van der Waals surface area (Å²) < 4.78 is 19.2. The molecule has 33 heavy (non-hydrogen) atoms. The third kappa shape index (κ3) is 6.06. The van der Waals surface area contributed by atoms with Gasteiger partial charge in [0, 0.05) is 18.7 Å². The van der Waals surface area contributed by atoms with Gasteiger partial charge in [-0.3, -0.25) is 14.5 Å². The van der Waals surface area contributed by atoms with E-state index in [-0.39, 0.29) is 30.6 Å². The van der Waals surface area contributed by atoms with E-state index in [0.717, 1.165) is 11.3 Å². The van der Waals surface area contributed by atoms with E-state index in [1.807, 2.05) is 54.6 Å². The van der Waals surface area contributed by atoms with Gasteiger partial charge in [-0.2, -0.15) is 0 Å². The van der Waals surface area contributed by atoms with Crippen LogP contribution in [-0.4, -0.2) is 27.6 Å². The van der Waals surface area contributed by atoms with Crippen molar-refractivity contribution in [2.45, 2.75) is 6.42 Å². The summed E-state index contributed by atoms with van der Waals surface area (Å²) in [5, 5.41) is 2.68. The van der Waals surface area contributed by atoms with E-state index >= 15 is 0 Å². The molecule has 1 saturated heterocycles. The Kier molecular flexibility index (Phi) is 7.16. The molecular formula is C25H19FN2O3S2. The number of ether oxygens (including phenoxy) is 1. The zero-order valence-electron chi connectivity index (χ0n) is 17.4. The molecule has 3 aromatic rings. The Labute approximate surface area is 200 Å². The maximum absolute atomic E-state index is 13.0. The van der Waals surface area contributed by atoms with Crippen molar-refractivity contribution in [3.05, 3.63) is 95.1 Å². The van der Waals surface area contributed by atoms with Crippen LogP contribution >= 0.6 is 24.0 Å². The summed E-state index contributed by atoms with van der Waals surface area (Å²) in [7, 11) is 0. The van der Waals surface area contributed by atoms with Crippen LogP contribution in [0.2, 0.25) is 0 Å². The molecule has 0 radical (unpaired) electrons. The maximum atomic E-state index is 13.0. The van der Waals surface area contributed by atoms with Gasteiger partial charge in [-0.15, -0.1) is 0 Å². The zero-order chi connectivity index (χ0) is 23.2. The van der Waals surface area contributed by atoms with Crippen LogP contribution in [0.15, 0.2) is 83.8 Å². The van der Waals surface area contributed by atoms with Gasteiger partial charge in [0.05, 0.1) is 4.91 Å². The average Bonchev–Trinajstić information content (AvgIpc) is 3.07. The highest BCUT2D eigenvalue weighted by atomic mass is 32.2. The summed E-state index contributed by atoms with van der Waals surface area (Å²) >= 11 is 6.55. The molecule has 2 amide bonds. The predicted octanol–water partition coefficient (Wildman–Crippen LogP) is 5.85. The molecule has 8 heteroatoms. The number of hydrogen-bond donors (Lipinski definition) is 1. The fourth-order valence-electron chi connectivity index (χ4n) is 3.11. The number of halogens is 1. The van der Waals surface area contributed by atoms with Gasteiger partial charge in [0.15, 0.2) is 0 Å². The van der Waals surface area contributed by atoms with Gasteiger partial charge in [-0.1, -0.05) is 54.3 Å². The number of nitrogens with one attached hydrogen (secondary N) is 1. The van der Waals surface area contributed by atoms with E-state index in [1.165, 1.54) is 40.9 Å². The lowest BCUT2D eigenvalue weighted by atomic mass is 10.2. The highest BCUT2D eigenvalue weighted by Crippen LogP contribution is 2.33.